The first-order valence-electron chi connectivity index (χ1n) is 7.65. The lowest BCUT2D eigenvalue weighted by Crippen LogP contribution is -2.11. The molecule has 4 nitrogen and oxygen atoms in total. The quantitative estimate of drug-likeness (QED) is 0.555. The zero-order valence-electron chi connectivity index (χ0n) is 12.3. The first-order chi connectivity index (χ1) is 11.4. The summed E-state index contributed by atoms with van der Waals surface area (Å²) in [6.45, 7) is 0. The second-order valence-corrected chi connectivity index (χ2v) is 5.76. The average molecular weight is 298 g/mol. The monoisotopic (exact) mass is 298 g/mol. The molecule has 2 N–H and O–H groups in total. The second kappa shape index (κ2) is 4.68. The lowest BCUT2D eigenvalue weighted by atomic mass is 9.98. The summed E-state index contributed by atoms with van der Waals surface area (Å²) in [5, 5.41) is 13.3. The Morgan fingerprint density at radius 1 is 0.870 bits per heavy atom. The van der Waals surface area contributed by atoms with Gasteiger partial charge in [-0.1, -0.05) is 48.5 Å². The number of rotatable bonds is 1. The number of benzene rings is 2. The number of anilines is 1. The number of para-hydroxylation sites is 1. The van der Waals surface area contributed by atoms with Crippen LogP contribution in [0, 0.1) is 0 Å². The fourth-order valence-corrected chi connectivity index (χ4v) is 3.42. The van der Waals surface area contributed by atoms with Gasteiger partial charge in [-0.15, -0.1) is 5.10 Å². The van der Waals surface area contributed by atoms with Crippen LogP contribution in [0.1, 0.15) is 17.2 Å². The van der Waals surface area contributed by atoms with Gasteiger partial charge in [0.05, 0.1) is 12.2 Å². The van der Waals surface area contributed by atoms with Crippen molar-refractivity contribution in [2.75, 3.05) is 5.32 Å². The third-order valence-electron chi connectivity index (χ3n) is 4.46. The van der Waals surface area contributed by atoms with E-state index in [1.165, 1.54) is 11.1 Å². The van der Waals surface area contributed by atoms with Crippen LogP contribution in [0.25, 0.3) is 22.2 Å². The Morgan fingerprint density at radius 2 is 1.70 bits per heavy atom. The number of hydrogen-bond acceptors (Lipinski definition) is 3. The highest BCUT2D eigenvalue weighted by Crippen LogP contribution is 2.42. The highest BCUT2D eigenvalue weighted by Gasteiger charge is 2.25. The Bertz CT molecular complexity index is 1000. The Balaban J connectivity index is 1.87. The van der Waals surface area contributed by atoms with E-state index in [9.17, 15) is 0 Å². The van der Waals surface area contributed by atoms with Gasteiger partial charge in [0.1, 0.15) is 0 Å². The van der Waals surface area contributed by atoms with Gasteiger partial charge < -0.3 is 10.3 Å². The van der Waals surface area contributed by atoms with E-state index in [4.69, 9.17) is 0 Å². The molecule has 0 spiro atoms. The standard InChI is InChI=1S/C19H14N4/c1-2-6-12(7-3-1)18-15-10-20-19-17(15)14(11-21-23-19)13-8-4-5-9-16(13)22-18/h1-11,18,22H,(H,20,23). The Hall–Kier alpha value is -3.14. The topological polar surface area (TPSA) is 53.6 Å². The van der Waals surface area contributed by atoms with Crippen molar-refractivity contribution in [1.29, 1.82) is 0 Å². The average Bonchev–Trinajstić information content (AvgIpc) is 2.98. The molecule has 1 aliphatic heterocycles. The molecule has 0 aliphatic carbocycles. The predicted octanol–water partition coefficient (Wildman–Crippen LogP) is 4.14. The first kappa shape index (κ1) is 12.4. The highest BCUT2D eigenvalue weighted by atomic mass is 15.1. The third kappa shape index (κ3) is 1.78. The molecule has 4 heteroatoms. The minimum atomic E-state index is 0.0801. The number of aromatic amines is 1. The lowest BCUT2D eigenvalue weighted by Gasteiger charge is -2.19. The molecular weight excluding hydrogens is 284 g/mol. The van der Waals surface area contributed by atoms with E-state index >= 15 is 0 Å². The van der Waals surface area contributed by atoms with Gasteiger partial charge in [-0.25, -0.2) is 0 Å². The zero-order chi connectivity index (χ0) is 15.2. The summed E-state index contributed by atoms with van der Waals surface area (Å²) in [6, 6.07) is 18.9. The number of nitrogens with zero attached hydrogens (tertiary/aromatic N) is 2. The first-order valence-corrected chi connectivity index (χ1v) is 7.65. The third-order valence-corrected chi connectivity index (χ3v) is 4.46. The van der Waals surface area contributed by atoms with Gasteiger partial charge in [-0.05, 0) is 11.6 Å². The van der Waals surface area contributed by atoms with Gasteiger partial charge in [0.25, 0.3) is 0 Å². The van der Waals surface area contributed by atoms with Crippen molar-refractivity contribution in [1.82, 2.24) is 15.2 Å². The van der Waals surface area contributed by atoms with Crippen molar-refractivity contribution in [2.45, 2.75) is 6.04 Å². The van der Waals surface area contributed by atoms with Crippen molar-refractivity contribution in [3.63, 3.8) is 0 Å². The van der Waals surface area contributed by atoms with E-state index in [0.717, 1.165) is 27.8 Å². The van der Waals surface area contributed by atoms with E-state index in [1.54, 1.807) is 0 Å². The van der Waals surface area contributed by atoms with Crippen molar-refractivity contribution in [2.24, 2.45) is 0 Å². The zero-order valence-corrected chi connectivity index (χ0v) is 12.3. The summed E-state index contributed by atoms with van der Waals surface area (Å²) in [6.07, 6.45) is 3.90. The molecule has 1 unspecified atom stereocenters. The van der Waals surface area contributed by atoms with Gasteiger partial charge >= 0.3 is 0 Å². The SMILES string of the molecule is c1ccc(C2Nc3ccccc3-c3cnnc4[nH]cc2c34)cc1. The summed E-state index contributed by atoms with van der Waals surface area (Å²) in [4.78, 5) is 3.26. The van der Waals surface area contributed by atoms with Crippen molar-refractivity contribution in [3.8, 4) is 11.1 Å². The number of hydrogen-bond donors (Lipinski definition) is 2. The van der Waals surface area contributed by atoms with Crippen molar-refractivity contribution in [3.05, 3.63) is 78.1 Å². The van der Waals surface area contributed by atoms with Crippen LogP contribution in [-0.2, 0) is 0 Å². The van der Waals surface area contributed by atoms with Crippen LogP contribution >= 0.6 is 0 Å². The number of aromatic nitrogens is 3. The van der Waals surface area contributed by atoms with Crippen LogP contribution in [0.3, 0.4) is 0 Å². The molecule has 5 rings (SSSR count). The maximum absolute atomic E-state index is 4.25. The van der Waals surface area contributed by atoms with E-state index in [0.29, 0.717) is 0 Å². The number of fused-ring (bicyclic) bond motifs is 2. The number of H-pyrrole nitrogens is 1. The Kier molecular flexibility index (Phi) is 2.52. The molecule has 23 heavy (non-hydrogen) atoms. The molecule has 1 atom stereocenters. The maximum atomic E-state index is 4.25. The van der Waals surface area contributed by atoms with Gasteiger partial charge in [0.2, 0.25) is 0 Å². The van der Waals surface area contributed by atoms with Crippen LogP contribution in [0.5, 0.6) is 0 Å². The number of nitrogens with one attached hydrogen (secondary N) is 2. The minimum Gasteiger partial charge on any atom is -0.374 e. The molecule has 4 aromatic rings. The molecule has 2 aromatic heterocycles. The molecule has 0 saturated carbocycles. The van der Waals surface area contributed by atoms with Gasteiger partial charge in [0, 0.05) is 34.0 Å². The van der Waals surface area contributed by atoms with Crippen molar-refractivity contribution >= 4 is 16.7 Å². The highest BCUT2D eigenvalue weighted by molar-refractivity contribution is 6.00. The Morgan fingerprint density at radius 3 is 2.61 bits per heavy atom. The molecule has 0 bridgehead atoms. The fourth-order valence-electron chi connectivity index (χ4n) is 3.42. The molecule has 2 aromatic carbocycles. The van der Waals surface area contributed by atoms with E-state index in [1.807, 2.05) is 18.5 Å². The van der Waals surface area contributed by atoms with Crippen molar-refractivity contribution < 1.29 is 0 Å². The Labute approximate surface area is 133 Å². The maximum Gasteiger partial charge on any atom is 0.160 e. The summed E-state index contributed by atoms with van der Waals surface area (Å²) in [5.41, 5.74) is 6.66. The summed E-state index contributed by atoms with van der Waals surface area (Å²) < 4.78 is 0. The van der Waals surface area contributed by atoms with E-state index in [-0.39, 0.29) is 6.04 Å². The van der Waals surface area contributed by atoms with Crippen LogP contribution in [0.4, 0.5) is 5.69 Å². The molecule has 110 valence electrons. The van der Waals surface area contributed by atoms with Crippen LogP contribution in [0.2, 0.25) is 0 Å². The van der Waals surface area contributed by atoms with E-state index in [2.05, 4.69) is 69.0 Å². The molecule has 0 radical (unpaired) electrons. The lowest BCUT2D eigenvalue weighted by molar-refractivity contribution is 0.953. The summed E-state index contributed by atoms with van der Waals surface area (Å²) in [5.74, 6) is 0. The largest absolute Gasteiger partial charge is 0.374 e. The predicted molar refractivity (Wildman–Crippen MR) is 91.2 cm³/mol. The molecule has 1 aliphatic rings. The second-order valence-electron chi connectivity index (χ2n) is 5.76. The van der Waals surface area contributed by atoms with E-state index < -0.39 is 0 Å². The molecular formula is C19H14N4. The normalized spacial score (nSPS) is 15.7. The van der Waals surface area contributed by atoms with Gasteiger partial charge in [-0.2, -0.15) is 5.10 Å². The van der Waals surface area contributed by atoms with Gasteiger partial charge in [-0.3, -0.25) is 0 Å². The fraction of sp³-hybridized carbons (Fsp3) is 0.0526. The summed E-state index contributed by atoms with van der Waals surface area (Å²) in [7, 11) is 0. The molecule has 0 saturated heterocycles. The van der Waals surface area contributed by atoms with Crippen LogP contribution in [0.15, 0.2) is 67.0 Å². The molecule has 0 amide bonds. The van der Waals surface area contributed by atoms with Crippen LogP contribution in [-0.4, -0.2) is 15.2 Å². The smallest absolute Gasteiger partial charge is 0.160 e. The minimum absolute atomic E-state index is 0.0801. The molecule has 3 heterocycles. The van der Waals surface area contributed by atoms with Crippen LogP contribution < -0.4 is 5.32 Å². The molecule has 0 fully saturated rings. The summed E-state index contributed by atoms with van der Waals surface area (Å²) >= 11 is 0. The van der Waals surface area contributed by atoms with Gasteiger partial charge in [0.15, 0.2) is 5.65 Å².